The lowest BCUT2D eigenvalue weighted by Gasteiger charge is -2.25. The normalized spacial score (nSPS) is 14.9. The maximum Gasteiger partial charge on any atom is 0.472 e. The highest BCUT2D eigenvalue weighted by Gasteiger charge is 2.27. The van der Waals surface area contributed by atoms with Crippen molar-refractivity contribution < 1.29 is 32.9 Å². The summed E-state index contributed by atoms with van der Waals surface area (Å²) in [6.07, 6.45) is 85.3. The zero-order chi connectivity index (χ0) is 54.9. The quantitative estimate of drug-likeness (QED) is 0.0243. The fourth-order valence-corrected chi connectivity index (χ4v) is 8.43. The van der Waals surface area contributed by atoms with Gasteiger partial charge in [-0.1, -0.05) is 250 Å². The minimum Gasteiger partial charge on any atom is -0.387 e. The number of quaternary nitrogens is 1. The van der Waals surface area contributed by atoms with Crippen LogP contribution in [0.2, 0.25) is 0 Å². The van der Waals surface area contributed by atoms with Crippen molar-refractivity contribution in [1.29, 1.82) is 0 Å². The lowest BCUT2D eigenvalue weighted by atomic mass is 10.1. The largest absolute Gasteiger partial charge is 0.472 e. The second-order valence-corrected chi connectivity index (χ2v) is 22.1. The van der Waals surface area contributed by atoms with Gasteiger partial charge < -0.3 is 19.8 Å². The fourth-order valence-electron chi connectivity index (χ4n) is 7.69. The van der Waals surface area contributed by atoms with Gasteiger partial charge in [0.15, 0.2) is 0 Å². The number of amides is 1. The molecule has 0 aromatic carbocycles. The molecule has 0 aliphatic carbocycles. The summed E-state index contributed by atoms with van der Waals surface area (Å²) in [4.78, 5) is 23.2. The van der Waals surface area contributed by atoms with Gasteiger partial charge in [0.25, 0.3) is 0 Å². The van der Waals surface area contributed by atoms with E-state index >= 15 is 0 Å². The van der Waals surface area contributed by atoms with Gasteiger partial charge in [0.2, 0.25) is 5.91 Å². The zero-order valence-corrected chi connectivity index (χ0v) is 49.4. The van der Waals surface area contributed by atoms with E-state index in [0.717, 1.165) is 122 Å². The molecule has 426 valence electrons. The van der Waals surface area contributed by atoms with Gasteiger partial charge in [0.1, 0.15) is 13.2 Å². The number of carbonyl (C=O) groups excluding carboxylic acids is 1. The molecule has 1 amide bonds. The summed E-state index contributed by atoms with van der Waals surface area (Å²) in [6.45, 7) is 4.66. The molecule has 0 bridgehead atoms. The summed E-state index contributed by atoms with van der Waals surface area (Å²) in [5, 5.41) is 13.9. The number of nitrogens with one attached hydrogen (secondary N) is 1. The van der Waals surface area contributed by atoms with E-state index in [1.165, 1.54) is 70.6 Å². The summed E-state index contributed by atoms with van der Waals surface area (Å²) in [5.41, 5.74) is 0. The number of aliphatic hydroxyl groups is 1. The number of allylic oxidation sites excluding steroid dienone is 23. The van der Waals surface area contributed by atoms with E-state index in [1.54, 1.807) is 6.08 Å². The molecule has 3 N–H and O–H groups in total. The van der Waals surface area contributed by atoms with E-state index in [-0.39, 0.29) is 19.1 Å². The Bertz CT molecular complexity index is 1720. The van der Waals surface area contributed by atoms with E-state index in [1.807, 2.05) is 27.2 Å². The average molecular weight is 1060 g/mol. The lowest BCUT2D eigenvalue weighted by molar-refractivity contribution is -0.870. The van der Waals surface area contributed by atoms with Gasteiger partial charge in [-0.05, 0) is 103 Å². The number of phosphoric ester groups is 1. The number of likely N-dealkylation sites (N-methyl/N-ethyl adjacent to an activating group) is 1. The summed E-state index contributed by atoms with van der Waals surface area (Å²) < 4.78 is 23.6. The lowest BCUT2D eigenvalue weighted by Crippen LogP contribution is -2.45. The second-order valence-electron chi connectivity index (χ2n) is 20.6. The van der Waals surface area contributed by atoms with E-state index in [4.69, 9.17) is 9.05 Å². The number of carbonyl (C=O) groups is 1. The topological polar surface area (TPSA) is 105 Å². The summed E-state index contributed by atoms with van der Waals surface area (Å²) in [7, 11) is 1.54. The number of nitrogens with zero attached hydrogens (tertiary/aromatic N) is 1. The van der Waals surface area contributed by atoms with E-state index < -0.39 is 20.0 Å². The van der Waals surface area contributed by atoms with Crippen LogP contribution in [0.1, 0.15) is 213 Å². The minimum atomic E-state index is -4.35. The third-order valence-corrected chi connectivity index (χ3v) is 13.3. The van der Waals surface area contributed by atoms with Crippen molar-refractivity contribution in [2.24, 2.45) is 0 Å². The molecule has 0 aliphatic rings. The fraction of sp³-hybridized carbons (Fsp3) is 0.621. The highest BCUT2D eigenvalue weighted by Crippen LogP contribution is 2.43. The molecule has 0 saturated carbocycles. The Morgan fingerprint density at radius 1 is 0.467 bits per heavy atom. The van der Waals surface area contributed by atoms with Gasteiger partial charge >= 0.3 is 7.82 Å². The van der Waals surface area contributed by atoms with Crippen LogP contribution >= 0.6 is 7.82 Å². The first kappa shape index (κ1) is 71.4. The summed E-state index contributed by atoms with van der Waals surface area (Å²) >= 11 is 0. The van der Waals surface area contributed by atoms with Crippen molar-refractivity contribution in [2.75, 3.05) is 40.9 Å². The van der Waals surface area contributed by atoms with Crippen LogP contribution in [0.5, 0.6) is 0 Å². The standard InChI is InChI=1S/C66H111N2O6P/c1-6-8-10-12-14-16-18-20-21-22-23-24-25-26-27-28-29-30-31-32-33-34-35-36-37-38-39-40-41-42-43-44-45-46-47-48-50-52-54-56-58-60-66(70)67-64(63-74-75(71,72)73-62-61-68(3,4)5)65(69)59-57-55-53-51-49-19-17-15-13-11-9-7-2/h8,10,14,16,20-21,23-24,26-27,29-30,32-33,35-36,38-39,41-42,44-45,57,59,64-65,69H,6-7,9,11-13,15,17-19,22,25,28,31,34,37,40,43,46-56,58,60-63H2,1-5H3,(H-,67,70,71,72)/p+1/b10-8-,16-14-,21-20-,24-23-,27-26-,30-29-,33-32-,36-35-,39-38-,42-41-,45-44-,59-57+. The van der Waals surface area contributed by atoms with Gasteiger partial charge in [-0.25, -0.2) is 4.57 Å². The molecule has 3 unspecified atom stereocenters. The van der Waals surface area contributed by atoms with Gasteiger partial charge in [0.05, 0.1) is 39.9 Å². The number of phosphoric acid groups is 1. The van der Waals surface area contributed by atoms with Crippen LogP contribution in [0.4, 0.5) is 0 Å². The molecule has 0 spiro atoms. The summed E-state index contributed by atoms with van der Waals surface area (Å²) in [6, 6.07) is -0.862. The molecule has 0 aromatic rings. The molecule has 9 heteroatoms. The first-order chi connectivity index (χ1) is 36.5. The van der Waals surface area contributed by atoms with E-state index in [9.17, 15) is 19.4 Å². The Morgan fingerprint density at radius 2 is 0.800 bits per heavy atom. The Balaban J connectivity index is 4.12. The molecule has 0 radical (unpaired) electrons. The number of hydrogen-bond donors (Lipinski definition) is 3. The average Bonchev–Trinajstić information content (AvgIpc) is 3.37. The predicted octanol–water partition coefficient (Wildman–Crippen LogP) is 18.5. The SMILES string of the molecule is CC/C=C\C/C=C\C/C=C\C/C=C\C/C=C\C/C=C\C/C=C\C/C=C\C/C=C\C/C=C\C/C=C\CCCCCCCCCC(=O)NC(COP(=O)(O)OCC[N+](C)(C)C)C(O)/C=C/CCCCCCCCCCCC. The molecular weight excluding hydrogens is 948 g/mol. The van der Waals surface area contributed by atoms with Gasteiger partial charge in [-0.3, -0.25) is 13.8 Å². The van der Waals surface area contributed by atoms with Crippen molar-refractivity contribution in [3.05, 3.63) is 146 Å². The minimum absolute atomic E-state index is 0.0520. The molecule has 0 rings (SSSR count). The zero-order valence-electron chi connectivity index (χ0n) is 48.5. The van der Waals surface area contributed by atoms with Crippen LogP contribution in [-0.4, -0.2) is 73.4 Å². The maximum absolute atomic E-state index is 12.9. The van der Waals surface area contributed by atoms with Crippen LogP contribution in [0, 0.1) is 0 Å². The van der Waals surface area contributed by atoms with E-state index in [2.05, 4.69) is 153 Å². The van der Waals surface area contributed by atoms with Crippen molar-refractivity contribution in [1.82, 2.24) is 5.32 Å². The van der Waals surface area contributed by atoms with Gasteiger partial charge in [-0.15, -0.1) is 0 Å². The third-order valence-electron chi connectivity index (χ3n) is 12.3. The van der Waals surface area contributed by atoms with Crippen molar-refractivity contribution in [3.8, 4) is 0 Å². The number of hydrogen-bond acceptors (Lipinski definition) is 5. The van der Waals surface area contributed by atoms with Crippen LogP contribution in [0.25, 0.3) is 0 Å². The third kappa shape index (κ3) is 57.9. The highest BCUT2D eigenvalue weighted by molar-refractivity contribution is 7.47. The highest BCUT2D eigenvalue weighted by atomic mass is 31.2. The van der Waals surface area contributed by atoms with Crippen LogP contribution < -0.4 is 5.32 Å². The Labute approximate surface area is 461 Å². The Kier molecular flexibility index (Phi) is 52.5. The summed E-state index contributed by atoms with van der Waals surface area (Å²) in [5.74, 6) is -0.196. The molecule has 0 fully saturated rings. The number of rotatable bonds is 52. The molecule has 3 atom stereocenters. The van der Waals surface area contributed by atoms with Crippen molar-refractivity contribution in [3.63, 3.8) is 0 Å². The second kappa shape index (κ2) is 55.1. The molecule has 8 nitrogen and oxygen atoms in total. The molecule has 0 heterocycles. The first-order valence-corrected chi connectivity index (χ1v) is 31.2. The van der Waals surface area contributed by atoms with Crippen LogP contribution in [-0.2, 0) is 18.4 Å². The van der Waals surface area contributed by atoms with Crippen LogP contribution in [0.3, 0.4) is 0 Å². The van der Waals surface area contributed by atoms with Crippen molar-refractivity contribution >= 4 is 13.7 Å². The molecule has 75 heavy (non-hydrogen) atoms. The molecular formula is C66H112N2O6P+. The molecule has 0 aromatic heterocycles. The number of aliphatic hydroxyl groups excluding tert-OH is 1. The molecule has 0 saturated heterocycles. The maximum atomic E-state index is 12.9. The molecule has 0 aliphatic heterocycles. The first-order valence-electron chi connectivity index (χ1n) is 29.7. The van der Waals surface area contributed by atoms with Gasteiger partial charge in [0, 0.05) is 6.42 Å². The Morgan fingerprint density at radius 3 is 1.17 bits per heavy atom. The number of unbranched alkanes of at least 4 members (excludes halogenated alkanes) is 17. The smallest absolute Gasteiger partial charge is 0.387 e. The Hall–Kier alpha value is -3.62. The van der Waals surface area contributed by atoms with Crippen molar-refractivity contribution in [2.45, 2.75) is 225 Å². The van der Waals surface area contributed by atoms with Crippen LogP contribution in [0.15, 0.2) is 146 Å². The predicted molar refractivity (Wildman–Crippen MR) is 327 cm³/mol. The monoisotopic (exact) mass is 1060 g/mol. The van der Waals surface area contributed by atoms with E-state index in [0.29, 0.717) is 17.4 Å². The van der Waals surface area contributed by atoms with Gasteiger partial charge in [-0.2, -0.15) is 0 Å².